The number of carbonyl (C=O) groups is 3. The third-order valence-electron chi connectivity index (χ3n) is 5.03. The summed E-state index contributed by atoms with van der Waals surface area (Å²) in [6.45, 7) is 9.97. The second kappa shape index (κ2) is 21.8. The fraction of sp³-hybridized carbons (Fsp3) is 0.870. The van der Waals surface area contributed by atoms with E-state index in [9.17, 15) is 18.6 Å². The van der Waals surface area contributed by atoms with Crippen molar-refractivity contribution in [2.24, 2.45) is 11.8 Å². The van der Waals surface area contributed by atoms with Gasteiger partial charge >= 0.3 is 0 Å². The molecule has 0 aromatic heterocycles. The molecule has 35 heavy (non-hydrogen) atoms. The fourth-order valence-electron chi connectivity index (χ4n) is 2.83. The number of nitrogens with one attached hydrogen (secondary N) is 2. The third-order valence-corrected chi connectivity index (χ3v) is 5.89. The van der Waals surface area contributed by atoms with E-state index in [-0.39, 0.29) is 67.5 Å². The molecule has 0 fully saturated rings. The van der Waals surface area contributed by atoms with Crippen LogP contribution < -0.4 is 10.6 Å². The van der Waals surface area contributed by atoms with Crippen LogP contribution in [0.2, 0.25) is 0 Å². The van der Waals surface area contributed by atoms with Crippen molar-refractivity contribution in [3.8, 4) is 0 Å². The van der Waals surface area contributed by atoms with Gasteiger partial charge in [0.15, 0.2) is 11.1 Å². The molecule has 0 heterocycles. The molecule has 12 heteroatoms. The van der Waals surface area contributed by atoms with Crippen LogP contribution in [0.3, 0.4) is 0 Å². The van der Waals surface area contributed by atoms with E-state index < -0.39 is 11.1 Å². The van der Waals surface area contributed by atoms with E-state index in [1.54, 1.807) is 13.8 Å². The number of carbonyl (C=O) groups excluding carboxylic acids is 3. The highest BCUT2D eigenvalue weighted by Gasteiger charge is 2.11. The number of hydrogen-bond acceptors (Lipinski definition) is 8. The predicted molar refractivity (Wildman–Crippen MR) is 132 cm³/mol. The molecule has 206 valence electrons. The molecule has 0 radical (unpaired) electrons. The Labute approximate surface area is 211 Å². The normalized spacial score (nSPS) is 14.7. The Morgan fingerprint density at radius 2 is 1.40 bits per heavy atom. The minimum Gasteiger partial charge on any atom is -0.377 e. The van der Waals surface area contributed by atoms with E-state index in [1.807, 2.05) is 13.8 Å². The van der Waals surface area contributed by atoms with Crippen LogP contribution >= 0.6 is 0 Å². The molecule has 3 N–H and O–H groups in total. The molecule has 0 aromatic rings. The lowest BCUT2D eigenvalue weighted by molar-refractivity contribution is -0.126. The number of hydrogen-bond donors (Lipinski definition) is 3. The van der Waals surface area contributed by atoms with Crippen LogP contribution in [-0.2, 0) is 44.4 Å². The van der Waals surface area contributed by atoms with Crippen LogP contribution in [0.25, 0.3) is 0 Å². The first-order valence-electron chi connectivity index (χ1n) is 12.1. The highest BCUT2D eigenvalue weighted by molar-refractivity contribution is 7.79. The highest BCUT2D eigenvalue weighted by atomic mass is 32.2. The van der Waals surface area contributed by atoms with Crippen molar-refractivity contribution in [1.82, 2.24) is 10.6 Å². The van der Waals surface area contributed by atoms with Crippen molar-refractivity contribution in [2.75, 3.05) is 65.1 Å². The Bertz CT molecular complexity index is 622. The first-order chi connectivity index (χ1) is 16.6. The van der Waals surface area contributed by atoms with Gasteiger partial charge in [-0.3, -0.25) is 14.4 Å². The van der Waals surface area contributed by atoms with Gasteiger partial charge in [-0.1, -0.05) is 13.8 Å². The molecule has 0 bridgehead atoms. The fourth-order valence-corrected chi connectivity index (χ4v) is 3.44. The van der Waals surface area contributed by atoms with Crippen molar-refractivity contribution >= 4 is 28.7 Å². The summed E-state index contributed by atoms with van der Waals surface area (Å²) in [6, 6.07) is 0. The summed E-state index contributed by atoms with van der Waals surface area (Å²) in [5, 5.41) is 5.37. The van der Waals surface area contributed by atoms with Gasteiger partial charge in [-0.15, -0.1) is 0 Å². The molecule has 0 saturated heterocycles. The maximum atomic E-state index is 11.7. The number of rotatable bonds is 23. The molecular weight excluding hydrogens is 480 g/mol. The van der Waals surface area contributed by atoms with E-state index in [1.165, 1.54) is 0 Å². The lowest BCUT2D eigenvalue weighted by atomic mass is 10.00. The monoisotopic (exact) mass is 524 g/mol. The van der Waals surface area contributed by atoms with Gasteiger partial charge in [0.2, 0.25) is 11.8 Å². The van der Waals surface area contributed by atoms with Crippen LogP contribution in [0.15, 0.2) is 0 Å². The van der Waals surface area contributed by atoms with Gasteiger partial charge in [-0.2, -0.15) is 0 Å². The van der Waals surface area contributed by atoms with Crippen molar-refractivity contribution in [3.63, 3.8) is 0 Å². The standard InChI is InChI=1S/C23H44N2O9S/c1-18(17-35(29)30)15-22(27)24-7-9-31-11-12-33-16-23(28)25-8-10-32-13-14-34-20(3)6-5-19(2)21(4)26/h18-20H,5-17H2,1-4H3,(H,24,27)(H,25,28)(H,29,30). The summed E-state index contributed by atoms with van der Waals surface area (Å²) >= 11 is -1.90. The molecule has 2 amide bonds. The van der Waals surface area contributed by atoms with Gasteiger partial charge in [0.1, 0.15) is 12.4 Å². The predicted octanol–water partition coefficient (Wildman–Crippen LogP) is 0.927. The Balaban J connectivity index is 3.46. The summed E-state index contributed by atoms with van der Waals surface area (Å²) < 4.78 is 41.1. The van der Waals surface area contributed by atoms with Crippen LogP contribution in [0, 0.1) is 11.8 Å². The summed E-state index contributed by atoms with van der Waals surface area (Å²) in [7, 11) is 0. The van der Waals surface area contributed by atoms with Crippen molar-refractivity contribution in [2.45, 2.75) is 53.1 Å². The minimum atomic E-state index is -1.90. The Morgan fingerprint density at radius 1 is 0.829 bits per heavy atom. The van der Waals surface area contributed by atoms with Crippen molar-refractivity contribution in [3.05, 3.63) is 0 Å². The zero-order chi connectivity index (χ0) is 26.5. The second-order valence-corrected chi connectivity index (χ2v) is 9.52. The summed E-state index contributed by atoms with van der Waals surface area (Å²) in [5.74, 6) is -0.284. The molecular formula is C23H44N2O9S. The van der Waals surface area contributed by atoms with E-state index in [4.69, 9.17) is 23.5 Å². The summed E-state index contributed by atoms with van der Waals surface area (Å²) in [6.07, 6.45) is 1.90. The number of ether oxygens (including phenoxy) is 4. The van der Waals surface area contributed by atoms with Crippen LogP contribution in [-0.4, -0.2) is 97.6 Å². The SMILES string of the molecule is CC(=O)C(C)CCC(C)OCCOCCNC(=O)COCCOCCNC(=O)CC(C)CS(=O)O. The number of ketones is 1. The van der Waals surface area contributed by atoms with Gasteiger partial charge in [-0.05, 0) is 32.6 Å². The third kappa shape index (κ3) is 22.7. The van der Waals surface area contributed by atoms with Gasteiger partial charge in [0.25, 0.3) is 0 Å². The molecule has 0 saturated carbocycles. The molecule has 0 aromatic carbocycles. The first-order valence-corrected chi connectivity index (χ1v) is 13.4. The lowest BCUT2D eigenvalue weighted by Crippen LogP contribution is -2.31. The average Bonchev–Trinajstić information content (AvgIpc) is 2.77. The van der Waals surface area contributed by atoms with E-state index in [2.05, 4.69) is 10.6 Å². The van der Waals surface area contributed by atoms with Crippen LogP contribution in [0.5, 0.6) is 0 Å². The topological polar surface area (TPSA) is 149 Å². The van der Waals surface area contributed by atoms with Gasteiger partial charge in [-0.25, -0.2) is 4.21 Å². The zero-order valence-corrected chi connectivity index (χ0v) is 22.4. The van der Waals surface area contributed by atoms with E-state index >= 15 is 0 Å². The minimum absolute atomic E-state index is 0.0608. The molecule has 0 rings (SSSR count). The summed E-state index contributed by atoms with van der Waals surface area (Å²) in [4.78, 5) is 34.6. The van der Waals surface area contributed by atoms with Gasteiger partial charge in [0.05, 0.1) is 51.5 Å². The molecule has 4 unspecified atom stereocenters. The maximum Gasteiger partial charge on any atom is 0.246 e. The molecule has 0 aliphatic heterocycles. The largest absolute Gasteiger partial charge is 0.377 e. The average molecular weight is 525 g/mol. The van der Waals surface area contributed by atoms with E-state index in [0.717, 1.165) is 12.8 Å². The molecule has 4 atom stereocenters. The smallest absolute Gasteiger partial charge is 0.246 e. The maximum absolute atomic E-state index is 11.7. The quantitative estimate of drug-likeness (QED) is 0.131. The van der Waals surface area contributed by atoms with Crippen LogP contribution in [0.1, 0.15) is 47.0 Å². The number of amides is 2. The van der Waals surface area contributed by atoms with Crippen molar-refractivity contribution < 1.29 is 42.1 Å². The van der Waals surface area contributed by atoms with Crippen molar-refractivity contribution in [1.29, 1.82) is 0 Å². The van der Waals surface area contributed by atoms with Gasteiger partial charge in [0, 0.05) is 25.4 Å². The summed E-state index contributed by atoms with van der Waals surface area (Å²) in [5.41, 5.74) is 0. The molecule has 0 spiro atoms. The molecule has 0 aliphatic carbocycles. The Kier molecular flexibility index (Phi) is 20.9. The molecule has 11 nitrogen and oxygen atoms in total. The van der Waals surface area contributed by atoms with E-state index in [0.29, 0.717) is 39.5 Å². The van der Waals surface area contributed by atoms with Gasteiger partial charge < -0.3 is 34.1 Å². The number of Topliss-reactive ketones (excluding diaryl/α,β-unsaturated/α-hetero) is 1. The Hall–Kier alpha value is -1.44. The second-order valence-electron chi connectivity index (χ2n) is 8.55. The highest BCUT2D eigenvalue weighted by Crippen LogP contribution is 2.10. The molecule has 0 aliphatic rings. The first kappa shape index (κ1) is 33.6. The van der Waals surface area contributed by atoms with Crippen LogP contribution in [0.4, 0.5) is 0 Å². The Morgan fingerprint density at radius 3 is 2.00 bits per heavy atom. The lowest BCUT2D eigenvalue weighted by Gasteiger charge is -2.15. The zero-order valence-electron chi connectivity index (χ0n) is 21.5.